The van der Waals surface area contributed by atoms with Gasteiger partial charge in [0.25, 0.3) is 0 Å². The highest BCUT2D eigenvalue weighted by atomic mass is 32.1. The van der Waals surface area contributed by atoms with Gasteiger partial charge in [-0.3, -0.25) is 0 Å². The Hall–Kier alpha value is -0.650. The van der Waals surface area contributed by atoms with Crippen LogP contribution in [0.3, 0.4) is 0 Å². The van der Waals surface area contributed by atoms with Gasteiger partial charge in [-0.1, -0.05) is 6.92 Å². The zero-order valence-electron chi connectivity index (χ0n) is 12.1. The smallest absolute Gasteiger partial charge is 0.185 e. The number of rotatable bonds is 8. The van der Waals surface area contributed by atoms with Gasteiger partial charge in [0.05, 0.1) is 12.6 Å². The number of hydrogen-bond donors (Lipinski definition) is 1. The average Bonchev–Trinajstić information content (AvgIpc) is 2.84. The van der Waals surface area contributed by atoms with E-state index in [9.17, 15) is 0 Å². The van der Waals surface area contributed by atoms with E-state index in [1.807, 2.05) is 6.20 Å². The summed E-state index contributed by atoms with van der Waals surface area (Å²) in [7, 11) is 3.80. The molecule has 2 unspecified atom stereocenters. The van der Waals surface area contributed by atoms with Crippen LogP contribution in [0.15, 0.2) is 6.20 Å². The van der Waals surface area contributed by atoms with Crippen molar-refractivity contribution < 1.29 is 4.74 Å². The largest absolute Gasteiger partial charge is 0.383 e. The molecule has 0 radical (unpaired) electrons. The molecule has 1 N–H and O–H groups in total. The van der Waals surface area contributed by atoms with Crippen LogP contribution in [0, 0.1) is 0 Å². The number of likely N-dealkylation sites (N-methyl/N-ethyl adjacent to an activating group) is 1. The Kier molecular flexibility index (Phi) is 6.60. The summed E-state index contributed by atoms with van der Waals surface area (Å²) in [6.07, 6.45) is 3.13. The first-order valence-electron chi connectivity index (χ1n) is 6.51. The second-order valence-corrected chi connectivity index (χ2v) is 5.68. The zero-order chi connectivity index (χ0) is 13.5. The van der Waals surface area contributed by atoms with Crippen LogP contribution in [0.1, 0.15) is 38.1 Å². The van der Waals surface area contributed by atoms with Crippen LogP contribution >= 0.6 is 11.3 Å². The van der Waals surface area contributed by atoms with Crippen molar-refractivity contribution in [2.75, 3.05) is 32.2 Å². The number of aromatic nitrogens is 1. The van der Waals surface area contributed by atoms with Crippen molar-refractivity contribution in [2.45, 2.75) is 39.3 Å². The van der Waals surface area contributed by atoms with E-state index in [1.54, 1.807) is 18.4 Å². The molecule has 1 aromatic heterocycles. The first kappa shape index (κ1) is 15.4. The van der Waals surface area contributed by atoms with Crippen molar-refractivity contribution in [3.05, 3.63) is 11.1 Å². The summed E-state index contributed by atoms with van der Waals surface area (Å²) in [4.78, 5) is 7.96. The fraction of sp³-hybridized carbons (Fsp3) is 0.769. The minimum absolute atomic E-state index is 0.341. The number of nitrogens with one attached hydrogen (secondary N) is 1. The van der Waals surface area contributed by atoms with E-state index in [-0.39, 0.29) is 0 Å². The number of hydrogen-bond acceptors (Lipinski definition) is 5. The van der Waals surface area contributed by atoms with Crippen LogP contribution < -0.4 is 10.2 Å². The van der Waals surface area contributed by atoms with Crippen LogP contribution in [-0.2, 0) is 4.74 Å². The van der Waals surface area contributed by atoms with Crippen LogP contribution in [0.25, 0.3) is 0 Å². The van der Waals surface area contributed by atoms with Gasteiger partial charge in [0.1, 0.15) is 0 Å². The lowest BCUT2D eigenvalue weighted by Crippen LogP contribution is -2.32. The summed E-state index contributed by atoms with van der Waals surface area (Å²) in [5.41, 5.74) is 0. The lowest BCUT2D eigenvalue weighted by molar-refractivity contribution is 0.183. The molecule has 1 heterocycles. The third kappa shape index (κ3) is 4.23. The van der Waals surface area contributed by atoms with Gasteiger partial charge in [0.2, 0.25) is 0 Å². The Labute approximate surface area is 114 Å². The topological polar surface area (TPSA) is 37.4 Å². The Balaban J connectivity index is 2.61. The molecule has 0 bridgehead atoms. The minimum atomic E-state index is 0.341. The molecule has 0 aromatic carbocycles. The Bertz CT molecular complexity index is 343. The molecule has 1 rings (SSSR count). The van der Waals surface area contributed by atoms with E-state index in [0.717, 1.165) is 24.7 Å². The Morgan fingerprint density at radius 1 is 1.50 bits per heavy atom. The van der Waals surface area contributed by atoms with Gasteiger partial charge in [-0.25, -0.2) is 4.98 Å². The van der Waals surface area contributed by atoms with Crippen LogP contribution in [0.4, 0.5) is 5.13 Å². The zero-order valence-corrected chi connectivity index (χ0v) is 12.9. The number of thiazole rings is 1. The van der Waals surface area contributed by atoms with E-state index in [0.29, 0.717) is 12.1 Å². The second kappa shape index (κ2) is 7.71. The van der Waals surface area contributed by atoms with Crippen molar-refractivity contribution >= 4 is 16.5 Å². The standard InChI is InChI=1S/C13H25N3OS/c1-6-7-14-11(3)12-8-15-13(18-12)16(4)10(2)9-17-5/h8,10-11,14H,6-7,9H2,1-5H3. The average molecular weight is 271 g/mol. The monoisotopic (exact) mass is 271 g/mol. The van der Waals surface area contributed by atoms with E-state index in [1.165, 1.54) is 4.88 Å². The van der Waals surface area contributed by atoms with Crippen molar-refractivity contribution in [1.29, 1.82) is 0 Å². The fourth-order valence-electron chi connectivity index (χ4n) is 1.64. The second-order valence-electron chi connectivity index (χ2n) is 4.64. The summed E-state index contributed by atoms with van der Waals surface area (Å²) in [5.74, 6) is 0. The van der Waals surface area contributed by atoms with Gasteiger partial charge in [-0.15, -0.1) is 11.3 Å². The third-order valence-corrected chi connectivity index (χ3v) is 4.28. The molecule has 0 amide bonds. The molecule has 0 spiro atoms. The predicted molar refractivity (Wildman–Crippen MR) is 78.6 cm³/mol. The van der Waals surface area contributed by atoms with Gasteiger partial charge in [-0.05, 0) is 26.8 Å². The maximum Gasteiger partial charge on any atom is 0.185 e. The minimum Gasteiger partial charge on any atom is -0.383 e. The van der Waals surface area contributed by atoms with Crippen molar-refractivity contribution in [1.82, 2.24) is 10.3 Å². The summed E-state index contributed by atoms with van der Waals surface area (Å²) in [6.45, 7) is 8.27. The molecule has 18 heavy (non-hydrogen) atoms. The van der Waals surface area contributed by atoms with E-state index in [2.05, 4.69) is 43.0 Å². The van der Waals surface area contributed by atoms with Gasteiger partial charge < -0.3 is 15.0 Å². The maximum absolute atomic E-state index is 5.18. The Morgan fingerprint density at radius 2 is 2.22 bits per heavy atom. The highest BCUT2D eigenvalue weighted by molar-refractivity contribution is 7.15. The van der Waals surface area contributed by atoms with Gasteiger partial charge in [0.15, 0.2) is 5.13 Å². The lowest BCUT2D eigenvalue weighted by Gasteiger charge is -2.23. The lowest BCUT2D eigenvalue weighted by atomic mass is 10.3. The normalized spacial score (nSPS) is 14.5. The fourth-order valence-corrected chi connectivity index (χ4v) is 2.65. The number of anilines is 1. The number of ether oxygens (including phenoxy) is 1. The molecule has 4 nitrogen and oxygen atoms in total. The summed E-state index contributed by atoms with van der Waals surface area (Å²) < 4.78 is 5.18. The van der Waals surface area contributed by atoms with E-state index in [4.69, 9.17) is 4.74 Å². The van der Waals surface area contributed by atoms with Gasteiger partial charge in [0, 0.05) is 31.3 Å². The van der Waals surface area contributed by atoms with E-state index >= 15 is 0 Å². The molecule has 0 saturated carbocycles. The molecule has 0 aliphatic heterocycles. The molecule has 0 fully saturated rings. The molecule has 104 valence electrons. The van der Waals surface area contributed by atoms with Crippen molar-refractivity contribution in [3.8, 4) is 0 Å². The van der Waals surface area contributed by atoms with E-state index < -0.39 is 0 Å². The molecule has 0 aliphatic carbocycles. The first-order chi connectivity index (χ1) is 8.60. The van der Waals surface area contributed by atoms with Crippen molar-refractivity contribution in [2.24, 2.45) is 0 Å². The molecule has 0 aliphatic rings. The van der Waals surface area contributed by atoms with Crippen LogP contribution in [-0.4, -0.2) is 38.3 Å². The molecule has 1 aromatic rings. The molecular weight excluding hydrogens is 246 g/mol. The third-order valence-electron chi connectivity index (χ3n) is 3.01. The summed E-state index contributed by atoms with van der Waals surface area (Å²) in [5, 5.41) is 4.54. The number of nitrogens with zero attached hydrogens (tertiary/aromatic N) is 2. The predicted octanol–water partition coefficient (Wildman–Crippen LogP) is 2.67. The molecule has 5 heteroatoms. The Morgan fingerprint density at radius 3 is 2.83 bits per heavy atom. The van der Waals surface area contributed by atoms with Gasteiger partial charge in [-0.2, -0.15) is 0 Å². The molecule has 0 saturated heterocycles. The van der Waals surface area contributed by atoms with Gasteiger partial charge >= 0.3 is 0 Å². The molecular formula is C13H25N3OS. The van der Waals surface area contributed by atoms with Crippen LogP contribution in [0.2, 0.25) is 0 Å². The summed E-state index contributed by atoms with van der Waals surface area (Å²) in [6, 6.07) is 0.718. The summed E-state index contributed by atoms with van der Waals surface area (Å²) >= 11 is 1.75. The quantitative estimate of drug-likeness (QED) is 0.789. The molecule has 2 atom stereocenters. The SMILES string of the molecule is CCCNC(C)c1cnc(N(C)C(C)COC)s1. The van der Waals surface area contributed by atoms with Crippen LogP contribution in [0.5, 0.6) is 0 Å². The highest BCUT2D eigenvalue weighted by Gasteiger charge is 2.15. The first-order valence-corrected chi connectivity index (χ1v) is 7.32. The number of methoxy groups -OCH3 is 1. The highest BCUT2D eigenvalue weighted by Crippen LogP contribution is 2.27. The maximum atomic E-state index is 5.18. The van der Waals surface area contributed by atoms with Crippen molar-refractivity contribution in [3.63, 3.8) is 0 Å².